The number of rotatable bonds is 4. The minimum atomic E-state index is -4.60. The quantitative estimate of drug-likeness (QED) is 0.853. The van der Waals surface area contributed by atoms with E-state index < -0.39 is 33.6 Å². The van der Waals surface area contributed by atoms with Crippen LogP contribution in [0.4, 0.5) is 24.5 Å². The van der Waals surface area contributed by atoms with Gasteiger partial charge < -0.3 is 10.2 Å². The molecular weight excluding hydrogens is 371 g/mol. The highest BCUT2D eigenvalue weighted by atomic mass is 32.2. The van der Waals surface area contributed by atoms with Crippen molar-refractivity contribution in [2.45, 2.75) is 19.0 Å². The van der Waals surface area contributed by atoms with E-state index in [1.165, 1.54) is 16.4 Å². The van der Waals surface area contributed by atoms with Crippen molar-refractivity contribution < 1.29 is 26.4 Å². The molecule has 2 rings (SSSR count). The van der Waals surface area contributed by atoms with E-state index >= 15 is 0 Å². The summed E-state index contributed by atoms with van der Waals surface area (Å²) < 4.78 is 64.2. The number of anilines is 2. The number of carbonyl (C=O) groups is 1. The van der Waals surface area contributed by atoms with Gasteiger partial charge in [-0.15, -0.1) is 0 Å². The van der Waals surface area contributed by atoms with E-state index in [0.717, 1.165) is 12.3 Å². The van der Waals surface area contributed by atoms with Gasteiger partial charge >= 0.3 is 6.18 Å². The summed E-state index contributed by atoms with van der Waals surface area (Å²) in [4.78, 5) is 13.9. The number of carbonyl (C=O) groups excluding carboxylic acids is 1. The van der Waals surface area contributed by atoms with Gasteiger partial charge in [0.05, 0.1) is 17.5 Å². The largest absolute Gasteiger partial charge is 0.418 e. The van der Waals surface area contributed by atoms with Crippen molar-refractivity contribution in [3.63, 3.8) is 0 Å². The zero-order valence-corrected chi connectivity index (χ0v) is 15.6. The van der Waals surface area contributed by atoms with Crippen molar-refractivity contribution in [2.24, 2.45) is 5.92 Å². The third kappa shape index (κ3) is 4.88. The number of halogens is 3. The number of nitrogens with zero attached hydrogens (tertiary/aromatic N) is 2. The molecule has 0 spiro atoms. The molecule has 0 saturated carbocycles. The van der Waals surface area contributed by atoms with Crippen molar-refractivity contribution in [3.8, 4) is 0 Å². The monoisotopic (exact) mass is 393 g/mol. The van der Waals surface area contributed by atoms with Gasteiger partial charge in [-0.3, -0.25) is 4.79 Å². The highest BCUT2D eigenvalue weighted by Gasteiger charge is 2.35. The second-order valence-electron chi connectivity index (χ2n) is 6.55. The smallest absolute Gasteiger partial charge is 0.378 e. The molecule has 0 aliphatic carbocycles. The van der Waals surface area contributed by atoms with Crippen LogP contribution >= 0.6 is 0 Å². The molecule has 0 unspecified atom stereocenters. The van der Waals surface area contributed by atoms with Crippen LogP contribution in [0, 0.1) is 5.92 Å². The Balaban J connectivity index is 2.14. The van der Waals surface area contributed by atoms with Crippen LogP contribution in [0.15, 0.2) is 18.2 Å². The fraction of sp³-hybridized carbons (Fsp3) is 0.562. The molecule has 1 aliphatic rings. The lowest BCUT2D eigenvalue weighted by atomic mass is 9.97. The molecule has 146 valence electrons. The van der Waals surface area contributed by atoms with Crippen molar-refractivity contribution >= 4 is 27.3 Å². The standard InChI is InChI=1S/C16H22F3N3O3S/c1-21(2)12-4-5-14(13(10-12)16(17,18)19)20-15(23)11-6-8-22(9-7-11)26(3,24)25/h4-5,10-11H,6-9H2,1-3H3,(H,20,23). The van der Waals surface area contributed by atoms with Crippen molar-refractivity contribution in [1.82, 2.24) is 4.31 Å². The Bertz CT molecular complexity index is 771. The number of hydrogen-bond donors (Lipinski definition) is 1. The van der Waals surface area contributed by atoms with Crippen LogP contribution in [0.5, 0.6) is 0 Å². The molecule has 1 aliphatic heterocycles. The Hall–Kier alpha value is -1.81. The predicted molar refractivity (Wildman–Crippen MR) is 93.5 cm³/mol. The Labute approximate surface area is 151 Å². The fourth-order valence-corrected chi connectivity index (χ4v) is 3.71. The molecule has 1 saturated heterocycles. The maximum Gasteiger partial charge on any atom is 0.418 e. The highest BCUT2D eigenvalue weighted by Crippen LogP contribution is 2.37. The Morgan fingerprint density at radius 3 is 2.27 bits per heavy atom. The first-order chi connectivity index (χ1) is 11.9. The van der Waals surface area contributed by atoms with Gasteiger partial charge in [-0.2, -0.15) is 13.2 Å². The zero-order valence-electron chi connectivity index (χ0n) is 14.8. The van der Waals surface area contributed by atoms with E-state index in [1.54, 1.807) is 19.0 Å². The molecule has 0 radical (unpaired) electrons. The Kier molecular flexibility index (Phi) is 5.86. The molecule has 1 fully saturated rings. The SMILES string of the molecule is CN(C)c1ccc(NC(=O)C2CCN(S(C)(=O)=O)CC2)c(C(F)(F)F)c1. The first-order valence-corrected chi connectivity index (χ1v) is 9.89. The lowest BCUT2D eigenvalue weighted by Crippen LogP contribution is -2.41. The van der Waals surface area contributed by atoms with E-state index in [4.69, 9.17) is 0 Å². The molecule has 1 heterocycles. The normalized spacial score (nSPS) is 17.2. The molecular formula is C16H22F3N3O3S. The lowest BCUT2D eigenvalue weighted by Gasteiger charge is -2.29. The minimum Gasteiger partial charge on any atom is -0.378 e. The Morgan fingerprint density at radius 1 is 1.23 bits per heavy atom. The summed E-state index contributed by atoms with van der Waals surface area (Å²) in [5.41, 5.74) is -0.832. The van der Waals surface area contributed by atoms with Crippen LogP contribution in [-0.2, 0) is 21.0 Å². The van der Waals surface area contributed by atoms with Crippen LogP contribution < -0.4 is 10.2 Å². The Morgan fingerprint density at radius 2 is 1.81 bits per heavy atom. The number of sulfonamides is 1. The molecule has 6 nitrogen and oxygen atoms in total. The highest BCUT2D eigenvalue weighted by molar-refractivity contribution is 7.88. The van der Waals surface area contributed by atoms with Gasteiger partial charge in [0, 0.05) is 38.8 Å². The summed E-state index contributed by atoms with van der Waals surface area (Å²) in [7, 11) is -0.0681. The number of hydrogen-bond acceptors (Lipinski definition) is 4. The topological polar surface area (TPSA) is 69.7 Å². The molecule has 26 heavy (non-hydrogen) atoms. The first kappa shape index (κ1) is 20.5. The summed E-state index contributed by atoms with van der Waals surface area (Å²) in [5.74, 6) is -1.05. The van der Waals surface area contributed by atoms with E-state index in [-0.39, 0.29) is 31.6 Å². The summed E-state index contributed by atoms with van der Waals surface area (Å²) in [6, 6.07) is 3.72. The van der Waals surface area contributed by atoms with E-state index in [1.807, 2.05) is 0 Å². The molecule has 0 bridgehead atoms. The maximum atomic E-state index is 13.3. The maximum absolute atomic E-state index is 13.3. The van der Waals surface area contributed by atoms with Gasteiger partial charge in [0.15, 0.2) is 0 Å². The van der Waals surface area contributed by atoms with Crippen LogP contribution in [-0.4, -0.2) is 52.1 Å². The van der Waals surface area contributed by atoms with Crippen molar-refractivity contribution in [2.75, 3.05) is 43.7 Å². The second-order valence-corrected chi connectivity index (χ2v) is 8.53. The van der Waals surface area contributed by atoms with Crippen molar-refractivity contribution in [1.29, 1.82) is 0 Å². The van der Waals surface area contributed by atoms with Crippen LogP contribution in [0.25, 0.3) is 0 Å². The van der Waals surface area contributed by atoms with Gasteiger partial charge in [-0.25, -0.2) is 12.7 Å². The molecule has 0 atom stereocenters. The zero-order chi connectivity index (χ0) is 19.7. The summed E-state index contributed by atoms with van der Waals surface area (Å²) in [5, 5.41) is 2.36. The minimum absolute atomic E-state index is 0.183. The number of benzene rings is 1. The van der Waals surface area contributed by atoms with E-state index in [2.05, 4.69) is 5.32 Å². The molecule has 0 aromatic heterocycles. The van der Waals surface area contributed by atoms with Gasteiger partial charge in [-0.1, -0.05) is 0 Å². The fourth-order valence-electron chi connectivity index (χ4n) is 2.84. The predicted octanol–water partition coefficient (Wildman–Crippen LogP) is 2.38. The lowest BCUT2D eigenvalue weighted by molar-refractivity contribution is -0.137. The first-order valence-electron chi connectivity index (χ1n) is 8.04. The average Bonchev–Trinajstić information content (AvgIpc) is 2.53. The van der Waals surface area contributed by atoms with Crippen molar-refractivity contribution in [3.05, 3.63) is 23.8 Å². The van der Waals surface area contributed by atoms with E-state index in [0.29, 0.717) is 5.69 Å². The summed E-state index contributed by atoms with van der Waals surface area (Å²) >= 11 is 0. The number of amides is 1. The van der Waals surface area contributed by atoms with Crippen LogP contribution in [0.2, 0.25) is 0 Å². The number of piperidine rings is 1. The second kappa shape index (κ2) is 7.43. The van der Waals surface area contributed by atoms with E-state index in [9.17, 15) is 26.4 Å². The third-order valence-electron chi connectivity index (χ3n) is 4.38. The molecule has 1 aromatic rings. The summed E-state index contributed by atoms with van der Waals surface area (Å²) in [6.07, 6.45) is -2.96. The molecule has 1 aromatic carbocycles. The number of nitrogens with one attached hydrogen (secondary N) is 1. The average molecular weight is 393 g/mol. The molecule has 10 heteroatoms. The van der Waals surface area contributed by atoms with Gasteiger partial charge in [0.1, 0.15) is 0 Å². The van der Waals surface area contributed by atoms with Gasteiger partial charge in [-0.05, 0) is 31.0 Å². The van der Waals surface area contributed by atoms with Gasteiger partial charge in [0.25, 0.3) is 0 Å². The summed E-state index contributed by atoms with van der Waals surface area (Å²) in [6.45, 7) is 0.366. The third-order valence-corrected chi connectivity index (χ3v) is 5.68. The number of alkyl halides is 3. The molecule has 1 N–H and O–H groups in total. The van der Waals surface area contributed by atoms with Crippen LogP contribution in [0.1, 0.15) is 18.4 Å². The molecule has 1 amide bonds. The van der Waals surface area contributed by atoms with Gasteiger partial charge in [0.2, 0.25) is 15.9 Å². The van der Waals surface area contributed by atoms with Crippen LogP contribution in [0.3, 0.4) is 0 Å².